The van der Waals surface area contributed by atoms with Gasteiger partial charge in [-0.25, -0.2) is 21.6 Å². The van der Waals surface area contributed by atoms with Crippen LogP contribution in [0.4, 0.5) is 5.69 Å². The van der Waals surface area contributed by atoms with E-state index in [0.29, 0.717) is 16.7 Å². The normalized spacial score (nSPS) is 12.1. The minimum absolute atomic E-state index is 0.0858. The lowest BCUT2D eigenvalue weighted by molar-refractivity contribution is -0.385. The van der Waals surface area contributed by atoms with Crippen LogP contribution in [0.1, 0.15) is 23.1 Å². The van der Waals surface area contributed by atoms with Crippen molar-refractivity contribution < 1.29 is 21.8 Å². The van der Waals surface area contributed by atoms with Gasteiger partial charge in [-0.05, 0) is 37.0 Å². The second-order valence-corrected chi connectivity index (χ2v) is 10.4. The molecule has 10 heteroatoms. The van der Waals surface area contributed by atoms with E-state index < -0.39 is 24.8 Å². The minimum Gasteiger partial charge on any atom is -0.258 e. The number of rotatable bonds is 9. The molecule has 0 aliphatic rings. The Morgan fingerprint density at radius 2 is 1.68 bits per heavy atom. The molecular formula is C18H22N2O6S2. The number of sulfonamides is 1. The highest BCUT2D eigenvalue weighted by Gasteiger charge is 2.22. The molecule has 0 unspecified atom stereocenters. The molecule has 1 N–H and O–H groups in total. The summed E-state index contributed by atoms with van der Waals surface area (Å²) in [6.45, 7) is 3.08. The van der Waals surface area contributed by atoms with E-state index in [0.717, 1.165) is 6.07 Å². The Labute approximate surface area is 164 Å². The van der Waals surface area contributed by atoms with E-state index in [9.17, 15) is 26.9 Å². The summed E-state index contributed by atoms with van der Waals surface area (Å²) < 4.78 is 51.7. The molecule has 28 heavy (non-hydrogen) atoms. The predicted octanol–water partition coefficient (Wildman–Crippen LogP) is 2.50. The van der Waals surface area contributed by atoms with Crippen molar-refractivity contribution in [1.29, 1.82) is 0 Å². The summed E-state index contributed by atoms with van der Waals surface area (Å²) in [5.74, 6) is -0.277. The molecule has 0 spiro atoms. The first-order valence-corrected chi connectivity index (χ1v) is 11.8. The van der Waals surface area contributed by atoms with Crippen LogP contribution in [-0.2, 0) is 25.6 Å². The van der Waals surface area contributed by atoms with Crippen LogP contribution in [0.5, 0.6) is 0 Å². The van der Waals surface area contributed by atoms with Gasteiger partial charge in [-0.1, -0.05) is 30.3 Å². The zero-order chi connectivity index (χ0) is 20.9. The lowest BCUT2D eigenvalue weighted by Crippen LogP contribution is -2.27. The molecule has 8 nitrogen and oxygen atoms in total. The van der Waals surface area contributed by atoms with Crippen LogP contribution in [0.2, 0.25) is 0 Å². The number of benzene rings is 2. The van der Waals surface area contributed by atoms with Crippen molar-refractivity contribution >= 4 is 25.5 Å². The number of aryl methyl sites for hydroxylation is 1. The van der Waals surface area contributed by atoms with E-state index in [1.54, 1.807) is 44.2 Å². The number of nitro benzene ring substituents is 1. The molecule has 0 radical (unpaired) electrons. The molecule has 152 valence electrons. The molecule has 0 aromatic heterocycles. The molecule has 0 aliphatic carbocycles. The van der Waals surface area contributed by atoms with E-state index in [1.165, 1.54) is 6.07 Å². The van der Waals surface area contributed by atoms with Crippen molar-refractivity contribution in [3.63, 3.8) is 0 Å². The number of non-ortho nitro benzene ring substituents is 1. The predicted molar refractivity (Wildman–Crippen MR) is 106 cm³/mol. The van der Waals surface area contributed by atoms with E-state index in [4.69, 9.17) is 0 Å². The van der Waals surface area contributed by atoms with Crippen LogP contribution >= 0.6 is 0 Å². The molecule has 2 rings (SSSR count). The van der Waals surface area contributed by atoms with Gasteiger partial charge >= 0.3 is 0 Å². The molecule has 0 atom stereocenters. The van der Waals surface area contributed by atoms with Crippen LogP contribution in [0.15, 0.2) is 47.4 Å². The van der Waals surface area contributed by atoms with Crippen molar-refractivity contribution in [1.82, 2.24) is 4.72 Å². The van der Waals surface area contributed by atoms with Gasteiger partial charge < -0.3 is 0 Å². The average Bonchev–Trinajstić information content (AvgIpc) is 2.61. The highest BCUT2D eigenvalue weighted by Crippen LogP contribution is 2.25. The third-order valence-electron chi connectivity index (χ3n) is 4.26. The second-order valence-electron chi connectivity index (χ2n) is 6.47. The molecule has 2 aromatic carbocycles. The summed E-state index contributed by atoms with van der Waals surface area (Å²) in [6.07, 6.45) is 0.0986. The summed E-state index contributed by atoms with van der Waals surface area (Å²) in [5, 5.41) is 11.0. The number of hydrogen-bond donors (Lipinski definition) is 1. The lowest BCUT2D eigenvalue weighted by Gasteiger charge is -2.11. The topological polar surface area (TPSA) is 123 Å². The van der Waals surface area contributed by atoms with Gasteiger partial charge in [-0.2, -0.15) is 0 Å². The Balaban J connectivity index is 2.01. The fourth-order valence-electron chi connectivity index (χ4n) is 2.67. The molecule has 0 saturated heterocycles. The third-order valence-corrected chi connectivity index (χ3v) is 7.53. The summed E-state index contributed by atoms with van der Waals surface area (Å²) >= 11 is 0. The number of nitro groups is 1. The third kappa shape index (κ3) is 5.85. The monoisotopic (exact) mass is 426 g/mol. The summed E-state index contributed by atoms with van der Waals surface area (Å²) in [5.41, 5.74) is 1.26. The fourth-order valence-corrected chi connectivity index (χ4v) is 5.51. The highest BCUT2D eigenvalue weighted by atomic mass is 32.2. The van der Waals surface area contributed by atoms with Crippen LogP contribution in [0.25, 0.3) is 0 Å². The number of nitrogens with zero attached hydrogens (tertiary/aromatic N) is 1. The first kappa shape index (κ1) is 22.0. The standard InChI is InChI=1S/C18H22N2O6S2/c1-14-11-17(20(21)22)12-18(15(14)2)28(25,26)19-9-6-10-27(23,24)13-16-7-4-3-5-8-16/h3-5,7-8,11-12,19H,6,9-10,13H2,1-2H3. The Hall–Kier alpha value is -2.30. The van der Waals surface area contributed by atoms with E-state index >= 15 is 0 Å². The van der Waals surface area contributed by atoms with E-state index in [-0.39, 0.29) is 35.1 Å². The zero-order valence-electron chi connectivity index (χ0n) is 15.6. The maximum atomic E-state index is 12.5. The van der Waals surface area contributed by atoms with Gasteiger partial charge in [0.15, 0.2) is 9.84 Å². The largest absolute Gasteiger partial charge is 0.271 e. The van der Waals surface area contributed by atoms with E-state index in [2.05, 4.69) is 4.72 Å². The van der Waals surface area contributed by atoms with Gasteiger partial charge in [0.25, 0.3) is 5.69 Å². The molecule has 0 amide bonds. The molecule has 0 heterocycles. The first-order chi connectivity index (χ1) is 13.0. The van der Waals surface area contributed by atoms with Crippen molar-refractivity contribution in [2.75, 3.05) is 12.3 Å². The van der Waals surface area contributed by atoms with Crippen molar-refractivity contribution in [3.8, 4) is 0 Å². The Morgan fingerprint density at radius 1 is 1.04 bits per heavy atom. The van der Waals surface area contributed by atoms with Gasteiger partial charge in [0.2, 0.25) is 10.0 Å². The number of nitrogens with one attached hydrogen (secondary N) is 1. The molecule has 0 bridgehead atoms. The van der Waals surface area contributed by atoms with Crippen molar-refractivity contribution in [2.45, 2.75) is 30.9 Å². The van der Waals surface area contributed by atoms with E-state index in [1.807, 2.05) is 0 Å². The van der Waals surface area contributed by atoms with Gasteiger partial charge in [-0.3, -0.25) is 10.1 Å². The lowest BCUT2D eigenvalue weighted by atomic mass is 10.1. The molecule has 0 aliphatic heterocycles. The SMILES string of the molecule is Cc1cc([N+](=O)[O-])cc(S(=O)(=O)NCCCS(=O)(=O)Cc2ccccc2)c1C. The zero-order valence-corrected chi connectivity index (χ0v) is 17.2. The Kier molecular flexibility index (Phi) is 6.91. The van der Waals surface area contributed by atoms with Crippen LogP contribution in [0, 0.1) is 24.0 Å². The fraction of sp³-hybridized carbons (Fsp3) is 0.333. The van der Waals surface area contributed by atoms with Gasteiger partial charge in [0, 0.05) is 18.7 Å². The van der Waals surface area contributed by atoms with Crippen LogP contribution < -0.4 is 4.72 Å². The minimum atomic E-state index is -4.00. The molecular weight excluding hydrogens is 404 g/mol. The summed E-state index contributed by atoms with van der Waals surface area (Å²) in [7, 11) is -7.37. The first-order valence-electron chi connectivity index (χ1n) is 8.51. The Bertz CT molecular complexity index is 1060. The number of sulfone groups is 1. The average molecular weight is 427 g/mol. The van der Waals surface area contributed by atoms with Crippen molar-refractivity contribution in [2.24, 2.45) is 0 Å². The highest BCUT2D eigenvalue weighted by molar-refractivity contribution is 7.90. The number of hydrogen-bond acceptors (Lipinski definition) is 6. The van der Waals surface area contributed by atoms with Crippen LogP contribution in [-0.4, -0.2) is 34.1 Å². The van der Waals surface area contributed by atoms with Crippen molar-refractivity contribution in [3.05, 3.63) is 69.3 Å². The Morgan fingerprint density at radius 3 is 2.29 bits per heavy atom. The van der Waals surface area contributed by atoms with Gasteiger partial charge in [0.05, 0.1) is 21.3 Å². The summed E-state index contributed by atoms with van der Waals surface area (Å²) in [6, 6.07) is 11.1. The molecule has 0 saturated carbocycles. The van der Waals surface area contributed by atoms with Gasteiger partial charge in [-0.15, -0.1) is 0 Å². The maximum absolute atomic E-state index is 12.5. The smallest absolute Gasteiger partial charge is 0.258 e. The summed E-state index contributed by atoms with van der Waals surface area (Å²) in [4.78, 5) is 10.2. The van der Waals surface area contributed by atoms with Gasteiger partial charge in [0.1, 0.15) is 0 Å². The van der Waals surface area contributed by atoms with Crippen LogP contribution in [0.3, 0.4) is 0 Å². The molecule has 2 aromatic rings. The second kappa shape index (κ2) is 8.80. The molecule has 0 fully saturated rings. The quantitative estimate of drug-likeness (QED) is 0.373. The maximum Gasteiger partial charge on any atom is 0.271 e.